The van der Waals surface area contributed by atoms with Crippen molar-refractivity contribution in [3.8, 4) is 0 Å². The highest BCUT2D eigenvalue weighted by molar-refractivity contribution is 6.30. The molecule has 0 saturated heterocycles. The number of carboxylic acids is 1. The third-order valence-electron chi connectivity index (χ3n) is 2.80. The van der Waals surface area contributed by atoms with Gasteiger partial charge in [-0.05, 0) is 30.0 Å². The summed E-state index contributed by atoms with van der Waals surface area (Å²) in [6.07, 6.45) is 0.497. The van der Waals surface area contributed by atoms with Crippen LogP contribution in [0.1, 0.15) is 12.5 Å². The smallest absolute Gasteiger partial charge is 0.307 e. The lowest BCUT2D eigenvalue weighted by molar-refractivity contribution is -0.144. The van der Waals surface area contributed by atoms with Gasteiger partial charge in [0.05, 0.1) is 5.92 Å². The monoisotopic (exact) mass is 256 g/mol. The standard InChI is InChI=1S/C13H17ClO3/c1-9(8-17-2)12(13(15)16)7-10-3-5-11(14)6-4-10/h3-6,9,12H,7-8H2,1-2H3,(H,15,16). The number of hydrogen-bond donors (Lipinski definition) is 1. The molecule has 1 rings (SSSR count). The number of hydrogen-bond acceptors (Lipinski definition) is 2. The maximum Gasteiger partial charge on any atom is 0.307 e. The summed E-state index contributed by atoms with van der Waals surface area (Å²) in [5, 5.41) is 9.86. The van der Waals surface area contributed by atoms with Crippen molar-refractivity contribution in [2.24, 2.45) is 11.8 Å². The van der Waals surface area contributed by atoms with Crippen molar-refractivity contribution >= 4 is 17.6 Å². The Labute approximate surface area is 106 Å². The van der Waals surface area contributed by atoms with Gasteiger partial charge >= 0.3 is 5.97 Å². The highest BCUT2D eigenvalue weighted by Crippen LogP contribution is 2.20. The number of benzene rings is 1. The van der Waals surface area contributed by atoms with Crippen LogP contribution in [-0.2, 0) is 16.0 Å². The molecule has 2 unspecified atom stereocenters. The molecule has 1 aromatic carbocycles. The summed E-state index contributed by atoms with van der Waals surface area (Å²) in [5.74, 6) is -1.24. The second-order valence-corrected chi connectivity index (χ2v) is 4.64. The molecule has 0 spiro atoms. The Morgan fingerprint density at radius 3 is 2.47 bits per heavy atom. The van der Waals surface area contributed by atoms with Crippen molar-refractivity contribution < 1.29 is 14.6 Å². The molecule has 0 aliphatic rings. The van der Waals surface area contributed by atoms with Gasteiger partial charge in [-0.3, -0.25) is 4.79 Å². The summed E-state index contributed by atoms with van der Waals surface area (Å²) in [6, 6.07) is 7.27. The van der Waals surface area contributed by atoms with Gasteiger partial charge in [-0.1, -0.05) is 30.7 Å². The van der Waals surface area contributed by atoms with Gasteiger partial charge in [-0.25, -0.2) is 0 Å². The summed E-state index contributed by atoms with van der Waals surface area (Å²) in [6.45, 7) is 2.34. The van der Waals surface area contributed by atoms with E-state index in [-0.39, 0.29) is 5.92 Å². The van der Waals surface area contributed by atoms with Gasteiger partial charge in [0, 0.05) is 18.7 Å². The van der Waals surface area contributed by atoms with Gasteiger partial charge in [0.2, 0.25) is 0 Å². The van der Waals surface area contributed by atoms with Crippen molar-refractivity contribution in [3.05, 3.63) is 34.9 Å². The molecule has 2 atom stereocenters. The third kappa shape index (κ3) is 4.36. The minimum atomic E-state index is -0.787. The Bertz CT molecular complexity index is 361. The summed E-state index contributed by atoms with van der Waals surface area (Å²) in [4.78, 5) is 11.2. The molecular weight excluding hydrogens is 240 g/mol. The molecule has 1 aromatic rings. The van der Waals surface area contributed by atoms with Gasteiger partial charge in [0.15, 0.2) is 0 Å². The number of rotatable bonds is 6. The van der Waals surface area contributed by atoms with Crippen LogP contribution >= 0.6 is 11.6 Å². The highest BCUT2D eigenvalue weighted by atomic mass is 35.5. The zero-order valence-corrected chi connectivity index (χ0v) is 10.8. The maximum absolute atomic E-state index is 11.2. The summed E-state index contributed by atoms with van der Waals surface area (Å²) >= 11 is 5.79. The van der Waals surface area contributed by atoms with E-state index in [2.05, 4.69) is 0 Å². The molecule has 0 fully saturated rings. The molecule has 1 N–H and O–H groups in total. The average molecular weight is 257 g/mol. The molecule has 0 saturated carbocycles. The minimum Gasteiger partial charge on any atom is -0.481 e. The van der Waals surface area contributed by atoms with Crippen LogP contribution < -0.4 is 0 Å². The molecule has 0 aliphatic heterocycles. The predicted octanol–water partition coefficient (Wildman–Crippen LogP) is 2.87. The number of halogens is 1. The molecule has 0 radical (unpaired) electrons. The van der Waals surface area contributed by atoms with Crippen LogP contribution in [-0.4, -0.2) is 24.8 Å². The summed E-state index contributed by atoms with van der Waals surface area (Å²) in [7, 11) is 1.58. The summed E-state index contributed by atoms with van der Waals surface area (Å²) in [5.41, 5.74) is 0.977. The first-order valence-electron chi connectivity index (χ1n) is 5.50. The predicted molar refractivity (Wildman–Crippen MR) is 67.3 cm³/mol. The lowest BCUT2D eigenvalue weighted by Gasteiger charge is -2.19. The lowest BCUT2D eigenvalue weighted by atomic mass is 9.88. The molecule has 0 amide bonds. The molecule has 3 nitrogen and oxygen atoms in total. The summed E-state index contributed by atoms with van der Waals surface area (Å²) < 4.78 is 5.01. The van der Waals surface area contributed by atoms with E-state index in [0.29, 0.717) is 18.1 Å². The molecule has 0 aromatic heterocycles. The van der Waals surface area contributed by atoms with Crippen molar-refractivity contribution in [2.75, 3.05) is 13.7 Å². The first-order valence-corrected chi connectivity index (χ1v) is 5.88. The van der Waals surface area contributed by atoms with E-state index in [1.807, 2.05) is 19.1 Å². The Hall–Kier alpha value is -1.06. The first kappa shape index (κ1) is 14.0. The van der Waals surface area contributed by atoms with Crippen LogP contribution in [0.4, 0.5) is 0 Å². The van der Waals surface area contributed by atoms with Crippen LogP contribution in [0.25, 0.3) is 0 Å². The molecule has 94 valence electrons. The second-order valence-electron chi connectivity index (χ2n) is 4.21. The van der Waals surface area contributed by atoms with E-state index in [9.17, 15) is 9.90 Å². The Morgan fingerprint density at radius 1 is 1.41 bits per heavy atom. The second kappa shape index (κ2) is 6.62. The number of ether oxygens (including phenoxy) is 1. The minimum absolute atomic E-state index is 0.0202. The van der Waals surface area contributed by atoms with Crippen LogP contribution in [0, 0.1) is 11.8 Å². The van der Waals surface area contributed by atoms with E-state index in [1.54, 1.807) is 19.2 Å². The molecular formula is C13H17ClO3. The van der Waals surface area contributed by atoms with E-state index in [1.165, 1.54) is 0 Å². The van der Waals surface area contributed by atoms with E-state index in [0.717, 1.165) is 5.56 Å². The third-order valence-corrected chi connectivity index (χ3v) is 3.05. The van der Waals surface area contributed by atoms with E-state index < -0.39 is 11.9 Å². The number of aliphatic carboxylic acids is 1. The topological polar surface area (TPSA) is 46.5 Å². The maximum atomic E-state index is 11.2. The fourth-order valence-corrected chi connectivity index (χ4v) is 1.91. The quantitative estimate of drug-likeness (QED) is 0.851. The Morgan fingerprint density at radius 2 is 2.00 bits per heavy atom. The molecule has 0 heterocycles. The number of carbonyl (C=O) groups is 1. The lowest BCUT2D eigenvalue weighted by Crippen LogP contribution is -2.26. The van der Waals surface area contributed by atoms with Crippen molar-refractivity contribution in [1.29, 1.82) is 0 Å². The SMILES string of the molecule is COCC(C)C(Cc1ccc(Cl)cc1)C(=O)O. The Balaban J connectivity index is 2.73. The van der Waals surface area contributed by atoms with Crippen molar-refractivity contribution in [3.63, 3.8) is 0 Å². The van der Waals surface area contributed by atoms with E-state index >= 15 is 0 Å². The molecule has 17 heavy (non-hydrogen) atoms. The number of methoxy groups -OCH3 is 1. The van der Waals surface area contributed by atoms with Gasteiger partial charge in [-0.15, -0.1) is 0 Å². The zero-order valence-electron chi connectivity index (χ0n) is 10.0. The molecule has 0 bridgehead atoms. The molecule has 4 heteroatoms. The zero-order chi connectivity index (χ0) is 12.8. The number of carboxylic acid groups (broad SMARTS) is 1. The van der Waals surface area contributed by atoms with Crippen LogP contribution in [0.3, 0.4) is 0 Å². The van der Waals surface area contributed by atoms with E-state index in [4.69, 9.17) is 16.3 Å². The van der Waals surface area contributed by atoms with Crippen LogP contribution in [0.15, 0.2) is 24.3 Å². The first-order chi connectivity index (χ1) is 8.04. The van der Waals surface area contributed by atoms with Crippen molar-refractivity contribution in [2.45, 2.75) is 13.3 Å². The highest BCUT2D eigenvalue weighted by Gasteiger charge is 2.24. The fourth-order valence-electron chi connectivity index (χ4n) is 1.79. The van der Waals surface area contributed by atoms with Gasteiger partial charge in [0.1, 0.15) is 0 Å². The largest absolute Gasteiger partial charge is 0.481 e. The molecule has 0 aliphatic carbocycles. The van der Waals surface area contributed by atoms with Gasteiger partial charge in [0.25, 0.3) is 0 Å². The van der Waals surface area contributed by atoms with Gasteiger partial charge < -0.3 is 9.84 Å². The van der Waals surface area contributed by atoms with Crippen LogP contribution in [0.2, 0.25) is 5.02 Å². The van der Waals surface area contributed by atoms with Gasteiger partial charge in [-0.2, -0.15) is 0 Å². The Kier molecular flexibility index (Phi) is 5.45. The van der Waals surface area contributed by atoms with Crippen LogP contribution in [0.5, 0.6) is 0 Å². The normalized spacial score (nSPS) is 14.3. The van der Waals surface area contributed by atoms with Crippen molar-refractivity contribution in [1.82, 2.24) is 0 Å². The average Bonchev–Trinajstić information content (AvgIpc) is 2.28. The fraction of sp³-hybridized carbons (Fsp3) is 0.462.